The fraction of sp³-hybridized carbons (Fsp3) is 0.533. The first-order chi connectivity index (χ1) is 8.52. The molecule has 0 radical (unpaired) electrons. The summed E-state index contributed by atoms with van der Waals surface area (Å²) in [5.74, 6) is 1.47. The smallest absolute Gasteiger partial charge is 0.223 e. The minimum Gasteiger partial charge on any atom is -0.336 e. The van der Waals surface area contributed by atoms with Crippen molar-refractivity contribution in [2.24, 2.45) is 5.92 Å². The first-order valence-electron chi connectivity index (χ1n) is 6.50. The van der Waals surface area contributed by atoms with Crippen molar-refractivity contribution in [1.82, 2.24) is 4.90 Å². The molecule has 2 atom stereocenters. The Kier molecular flexibility index (Phi) is 4.00. The van der Waals surface area contributed by atoms with Gasteiger partial charge < -0.3 is 4.90 Å². The van der Waals surface area contributed by atoms with Crippen LogP contribution in [0, 0.1) is 19.8 Å². The zero-order valence-electron chi connectivity index (χ0n) is 11.3. The molecule has 1 aliphatic heterocycles. The van der Waals surface area contributed by atoms with Crippen LogP contribution in [0.25, 0.3) is 0 Å². The van der Waals surface area contributed by atoms with Crippen LogP contribution in [0.5, 0.6) is 0 Å². The molecule has 2 rings (SSSR count). The minimum absolute atomic E-state index is 0.168. The van der Waals surface area contributed by atoms with Crippen molar-refractivity contribution in [3.63, 3.8) is 0 Å². The summed E-state index contributed by atoms with van der Waals surface area (Å²) in [4.78, 5) is 14.0. The molecule has 0 aliphatic carbocycles. The second kappa shape index (κ2) is 5.35. The van der Waals surface area contributed by atoms with Crippen molar-refractivity contribution in [1.29, 1.82) is 0 Å². The quantitative estimate of drug-likeness (QED) is 0.831. The lowest BCUT2D eigenvalue weighted by atomic mass is 10.0. The maximum absolute atomic E-state index is 12.0. The summed E-state index contributed by atoms with van der Waals surface area (Å²) in [6.45, 7) is 7.19. The molecule has 0 N–H and O–H groups in total. The lowest BCUT2D eigenvalue weighted by Crippen LogP contribution is -2.28. The van der Waals surface area contributed by atoms with Crippen LogP contribution in [0.15, 0.2) is 18.2 Å². The molecule has 1 fully saturated rings. The van der Waals surface area contributed by atoms with Crippen LogP contribution in [0.3, 0.4) is 0 Å². The summed E-state index contributed by atoms with van der Waals surface area (Å²) in [7, 11) is 0. The van der Waals surface area contributed by atoms with Crippen LogP contribution >= 0.6 is 12.6 Å². The summed E-state index contributed by atoms with van der Waals surface area (Å²) < 4.78 is 0. The fourth-order valence-electron chi connectivity index (χ4n) is 2.51. The SMILES string of the molecule is Cc1ccc(C(C)N2CC(CS)CC2=O)cc1C. The van der Waals surface area contributed by atoms with E-state index in [0.717, 1.165) is 12.3 Å². The summed E-state index contributed by atoms with van der Waals surface area (Å²) in [6.07, 6.45) is 0.651. The van der Waals surface area contributed by atoms with Gasteiger partial charge in [0.15, 0.2) is 0 Å². The van der Waals surface area contributed by atoms with E-state index in [1.165, 1.54) is 16.7 Å². The van der Waals surface area contributed by atoms with Crippen LogP contribution in [0.1, 0.15) is 36.1 Å². The van der Waals surface area contributed by atoms with E-state index in [2.05, 4.69) is 51.6 Å². The number of amides is 1. The van der Waals surface area contributed by atoms with Gasteiger partial charge in [-0.05, 0) is 49.1 Å². The number of rotatable bonds is 3. The third-order valence-corrected chi connectivity index (χ3v) is 4.49. The number of likely N-dealkylation sites (tertiary alicyclic amines) is 1. The van der Waals surface area contributed by atoms with Gasteiger partial charge in [0.2, 0.25) is 5.91 Å². The number of benzene rings is 1. The Morgan fingerprint density at radius 1 is 1.39 bits per heavy atom. The highest BCUT2D eigenvalue weighted by atomic mass is 32.1. The first-order valence-corrected chi connectivity index (χ1v) is 7.13. The minimum atomic E-state index is 0.168. The van der Waals surface area contributed by atoms with E-state index in [4.69, 9.17) is 0 Å². The molecule has 2 nitrogen and oxygen atoms in total. The van der Waals surface area contributed by atoms with E-state index in [1.54, 1.807) is 0 Å². The third-order valence-electron chi connectivity index (χ3n) is 3.98. The summed E-state index contributed by atoms with van der Waals surface area (Å²) >= 11 is 4.30. The van der Waals surface area contributed by atoms with Crippen LogP contribution in [-0.2, 0) is 4.79 Å². The highest BCUT2D eigenvalue weighted by molar-refractivity contribution is 7.80. The summed E-state index contributed by atoms with van der Waals surface area (Å²) in [5, 5.41) is 0. The fourth-order valence-corrected chi connectivity index (χ4v) is 2.75. The summed E-state index contributed by atoms with van der Waals surface area (Å²) in [5.41, 5.74) is 3.81. The Hall–Kier alpha value is -0.960. The van der Waals surface area contributed by atoms with Crippen molar-refractivity contribution in [3.8, 4) is 0 Å². The van der Waals surface area contributed by atoms with Gasteiger partial charge in [-0.3, -0.25) is 4.79 Å². The van der Waals surface area contributed by atoms with E-state index < -0.39 is 0 Å². The Labute approximate surface area is 115 Å². The van der Waals surface area contributed by atoms with Crippen molar-refractivity contribution in [3.05, 3.63) is 34.9 Å². The van der Waals surface area contributed by atoms with Crippen LogP contribution < -0.4 is 0 Å². The van der Waals surface area contributed by atoms with E-state index >= 15 is 0 Å². The van der Waals surface area contributed by atoms with Gasteiger partial charge >= 0.3 is 0 Å². The predicted octanol–water partition coefficient (Wildman–Crippen LogP) is 3.14. The zero-order valence-corrected chi connectivity index (χ0v) is 12.2. The Morgan fingerprint density at radius 3 is 2.67 bits per heavy atom. The van der Waals surface area contributed by atoms with Crippen molar-refractivity contribution >= 4 is 18.5 Å². The number of aryl methyl sites for hydroxylation is 2. The lowest BCUT2D eigenvalue weighted by molar-refractivity contribution is -0.129. The van der Waals surface area contributed by atoms with E-state index in [-0.39, 0.29) is 11.9 Å². The molecule has 0 spiro atoms. The molecular weight excluding hydrogens is 242 g/mol. The molecule has 0 saturated carbocycles. The molecule has 1 amide bonds. The molecule has 18 heavy (non-hydrogen) atoms. The Morgan fingerprint density at radius 2 is 2.11 bits per heavy atom. The van der Waals surface area contributed by atoms with Crippen LogP contribution in [-0.4, -0.2) is 23.1 Å². The molecule has 2 unspecified atom stereocenters. The third kappa shape index (κ3) is 2.56. The molecule has 1 heterocycles. The van der Waals surface area contributed by atoms with Gasteiger partial charge in [-0.1, -0.05) is 18.2 Å². The van der Waals surface area contributed by atoms with Gasteiger partial charge in [0.1, 0.15) is 0 Å². The second-order valence-electron chi connectivity index (χ2n) is 5.32. The topological polar surface area (TPSA) is 20.3 Å². The molecular formula is C15H21NOS. The molecule has 1 aliphatic rings. The number of hydrogen-bond acceptors (Lipinski definition) is 2. The highest BCUT2D eigenvalue weighted by Crippen LogP contribution is 2.29. The lowest BCUT2D eigenvalue weighted by Gasteiger charge is -2.25. The number of carbonyl (C=O) groups is 1. The van der Waals surface area contributed by atoms with Gasteiger partial charge in [-0.15, -0.1) is 0 Å². The average Bonchev–Trinajstić information content (AvgIpc) is 2.73. The van der Waals surface area contributed by atoms with Gasteiger partial charge in [0, 0.05) is 13.0 Å². The Balaban J connectivity index is 2.18. The standard InChI is InChI=1S/C15H21NOS/c1-10-4-5-14(6-11(10)2)12(3)16-8-13(9-18)7-15(16)17/h4-6,12-13,18H,7-9H2,1-3H3. The van der Waals surface area contributed by atoms with Crippen molar-refractivity contribution in [2.75, 3.05) is 12.3 Å². The number of carbonyl (C=O) groups excluding carboxylic acids is 1. The monoisotopic (exact) mass is 263 g/mol. The zero-order chi connectivity index (χ0) is 13.3. The number of thiol groups is 1. The maximum Gasteiger partial charge on any atom is 0.223 e. The molecule has 0 aromatic heterocycles. The largest absolute Gasteiger partial charge is 0.336 e. The second-order valence-corrected chi connectivity index (χ2v) is 5.68. The predicted molar refractivity (Wildman–Crippen MR) is 78.0 cm³/mol. The van der Waals surface area contributed by atoms with Crippen LogP contribution in [0.4, 0.5) is 0 Å². The van der Waals surface area contributed by atoms with E-state index in [9.17, 15) is 4.79 Å². The molecule has 1 aromatic rings. The molecule has 1 aromatic carbocycles. The molecule has 98 valence electrons. The maximum atomic E-state index is 12.0. The normalized spacial score (nSPS) is 21.4. The van der Waals surface area contributed by atoms with Crippen molar-refractivity contribution in [2.45, 2.75) is 33.2 Å². The number of hydrogen-bond donors (Lipinski definition) is 1. The van der Waals surface area contributed by atoms with Gasteiger partial charge in [0.25, 0.3) is 0 Å². The summed E-state index contributed by atoms with van der Waals surface area (Å²) in [6, 6.07) is 6.63. The molecule has 0 bridgehead atoms. The van der Waals surface area contributed by atoms with E-state index in [0.29, 0.717) is 12.3 Å². The first kappa shape index (κ1) is 13.5. The average molecular weight is 263 g/mol. The van der Waals surface area contributed by atoms with Gasteiger partial charge in [-0.2, -0.15) is 12.6 Å². The molecule has 1 saturated heterocycles. The number of nitrogens with zero attached hydrogens (tertiary/aromatic N) is 1. The Bertz CT molecular complexity index is 458. The van der Waals surface area contributed by atoms with Gasteiger partial charge in [0.05, 0.1) is 6.04 Å². The van der Waals surface area contributed by atoms with Gasteiger partial charge in [-0.25, -0.2) is 0 Å². The van der Waals surface area contributed by atoms with Crippen molar-refractivity contribution < 1.29 is 4.79 Å². The molecule has 3 heteroatoms. The van der Waals surface area contributed by atoms with Crippen LogP contribution in [0.2, 0.25) is 0 Å². The van der Waals surface area contributed by atoms with E-state index in [1.807, 2.05) is 4.90 Å². The highest BCUT2D eigenvalue weighted by Gasteiger charge is 2.32.